The summed E-state index contributed by atoms with van der Waals surface area (Å²) in [4.78, 5) is 2.94. The minimum Gasteiger partial charge on any atom is -0.238 e. The van der Waals surface area contributed by atoms with E-state index in [-0.39, 0.29) is 11.3 Å². The fourth-order valence-electron chi connectivity index (χ4n) is 0.985. The predicted octanol–water partition coefficient (Wildman–Crippen LogP) is 3.56. The second-order valence-corrected chi connectivity index (χ2v) is 2.61. The van der Waals surface area contributed by atoms with Crippen LogP contribution in [0.2, 0.25) is 0 Å². The van der Waals surface area contributed by atoms with Crippen LogP contribution in [0.15, 0.2) is 18.2 Å². The number of benzene rings is 1. The molecule has 0 bridgehead atoms. The first-order valence-electron chi connectivity index (χ1n) is 3.50. The van der Waals surface area contributed by atoms with Gasteiger partial charge in [-0.2, -0.15) is 13.2 Å². The highest BCUT2D eigenvalue weighted by molar-refractivity contribution is 5.50. The van der Waals surface area contributed by atoms with E-state index in [0.29, 0.717) is 0 Å². The molecule has 0 aliphatic carbocycles. The normalized spacial score (nSPS) is 11.0. The molecule has 0 saturated heterocycles. The van der Waals surface area contributed by atoms with Gasteiger partial charge in [-0.1, -0.05) is 12.1 Å². The van der Waals surface area contributed by atoms with Crippen LogP contribution in [-0.4, -0.2) is 0 Å². The van der Waals surface area contributed by atoms with Gasteiger partial charge in [0.2, 0.25) is 0 Å². The van der Waals surface area contributed by atoms with Gasteiger partial charge in [-0.15, -0.1) is 0 Å². The van der Waals surface area contributed by atoms with Gasteiger partial charge < -0.3 is 0 Å². The highest BCUT2D eigenvalue weighted by Crippen LogP contribution is 2.33. The lowest BCUT2D eigenvalue weighted by Crippen LogP contribution is -2.06. The Balaban J connectivity index is 3.29. The Morgan fingerprint density at radius 1 is 1.31 bits per heavy atom. The van der Waals surface area contributed by atoms with E-state index >= 15 is 0 Å². The third kappa shape index (κ3) is 2.00. The zero-order valence-corrected chi connectivity index (χ0v) is 6.81. The Morgan fingerprint density at radius 2 is 1.92 bits per heavy atom. The van der Waals surface area contributed by atoms with Crippen LogP contribution in [0.25, 0.3) is 4.85 Å². The van der Waals surface area contributed by atoms with Crippen molar-refractivity contribution in [3.8, 4) is 0 Å². The van der Waals surface area contributed by atoms with Gasteiger partial charge in [0.15, 0.2) is 5.69 Å². The van der Waals surface area contributed by atoms with Crippen molar-refractivity contribution in [2.45, 2.75) is 13.1 Å². The zero-order chi connectivity index (χ0) is 10.1. The summed E-state index contributed by atoms with van der Waals surface area (Å²) in [5.74, 6) is 0. The summed E-state index contributed by atoms with van der Waals surface area (Å²) >= 11 is 0. The maximum absolute atomic E-state index is 12.3. The van der Waals surface area contributed by atoms with Crippen molar-refractivity contribution >= 4 is 5.69 Å². The Bertz CT molecular complexity index is 360. The van der Waals surface area contributed by atoms with Gasteiger partial charge in [-0.3, -0.25) is 0 Å². The van der Waals surface area contributed by atoms with Crippen molar-refractivity contribution < 1.29 is 13.2 Å². The van der Waals surface area contributed by atoms with Crippen molar-refractivity contribution in [3.63, 3.8) is 0 Å². The third-order valence-corrected chi connectivity index (χ3v) is 1.66. The van der Waals surface area contributed by atoms with E-state index in [1.165, 1.54) is 19.1 Å². The molecule has 0 heterocycles. The molecule has 0 amide bonds. The van der Waals surface area contributed by atoms with Crippen molar-refractivity contribution in [2.75, 3.05) is 0 Å². The van der Waals surface area contributed by atoms with E-state index in [4.69, 9.17) is 6.57 Å². The summed E-state index contributed by atoms with van der Waals surface area (Å²) in [7, 11) is 0. The van der Waals surface area contributed by atoms with Crippen LogP contribution in [0.3, 0.4) is 0 Å². The molecule has 0 atom stereocenters. The molecule has 1 rings (SSSR count). The summed E-state index contributed by atoms with van der Waals surface area (Å²) in [6.07, 6.45) is -4.37. The second-order valence-electron chi connectivity index (χ2n) is 2.61. The van der Waals surface area contributed by atoms with E-state index in [1.54, 1.807) is 0 Å². The number of rotatable bonds is 0. The molecule has 0 saturated carbocycles. The fourth-order valence-corrected chi connectivity index (χ4v) is 0.985. The van der Waals surface area contributed by atoms with Crippen LogP contribution in [0.4, 0.5) is 18.9 Å². The average molecular weight is 185 g/mol. The fraction of sp³-hybridized carbons (Fsp3) is 0.222. The molecule has 13 heavy (non-hydrogen) atoms. The number of aryl methyl sites for hydroxylation is 1. The SMILES string of the molecule is [C-]#[N+]c1ccc(C)c(C(F)(F)F)c1. The van der Waals surface area contributed by atoms with Gasteiger partial charge >= 0.3 is 6.18 Å². The summed E-state index contributed by atoms with van der Waals surface area (Å²) in [6.45, 7) is 7.94. The molecular formula is C9H6F3N. The third-order valence-electron chi connectivity index (χ3n) is 1.66. The number of hydrogen-bond donors (Lipinski definition) is 0. The molecule has 68 valence electrons. The summed E-state index contributed by atoms with van der Waals surface area (Å²) in [6, 6.07) is 3.54. The van der Waals surface area contributed by atoms with Crippen LogP contribution in [0, 0.1) is 13.5 Å². The molecule has 0 N–H and O–H groups in total. The second kappa shape index (κ2) is 3.09. The molecule has 0 radical (unpaired) electrons. The van der Waals surface area contributed by atoms with E-state index in [0.717, 1.165) is 6.07 Å². The lowest BCUT2D eigenvalue weighted by atomic mass is 10.1. The molecule has 0 aliphatic rings. The predicted molar refractivity (Wildman–Crippen MR) is 42.4 cm³/mol. The lowest BCUT2D eigenvalue weighted by Gasteiger charge is -2.09. The van der Waals surface area contributed by atoms with Gasteiger partial charge in [0, 0.05) is 5.56 Å². The summed E-state index contributed by atoms with van der Waals surface area (Å²) in [5.41, 5.74) is -0.584. The van der Waals surface area contributed by atoms with Gasteiger partial charge in [-0.05, 0) is 18.6 Å². The molecule has 0 aromatic heterocycles. The van der Waals surface area contributed by atoms with Crippen LogP contribution in [-0.2, 0) is 6.18 Å². The van der Waals surface area contributed by atoms with Crippen LogP contribution >= 0.6 is 0 Å². The Hall–Kier alpha value is -1.50. The number of alkyl halides is 3. The molecule has 1 aromatic carbocycles. The molecule has 1 nitrogen and oxygen atoms in total. The minimum absolute atomic E-state index is 0.0120. The minimum atomic E-state index is -4.37. The molecule has 4 heteroatoms. The Kier molecular flexibility index (Phi) is 2.28. The monoisotopic (exact) mass is 185 g/mol. The van der Waals surface area contributed by atoms with E-state index in [9.17, 15) is 13.2 Å². The Labute approximate surface area is 73.6 Å². The number of nitrogens with zero attached hydrogens (tertiary/aromatic N) is 1. The largest absolute Gasteiger partial charge is 0.415 e. The molecule has 0 unspecified atom stereocenters. The van der Waals surface area contributed by atoms with Gasteiger partial charge in [0.1, 0.15) is 0 Å². The van der Waals surface area contributed by atoms with Crippen LogP contribution < -0.4 is 0 Å². The maximum atomic E-state index is 12.3. The number of halogens is 3. The van der Waals surface area contributed by atoms with Crippen molar-refractivity contribution in [1.82, 2.24) is 0 Å². The van der Waals surface area contributed by atoms with Gasteiger partial charge in [-0.25, -0.2) is 4.85 Å². The first-order chi connectivity index (χ1) is 5.95. The summed E-state index contributed by atoms with van der Waals surface area (Å²) in [5, 5.41) is 0. The number of hydrogen-bond acceptors (Lipinski definition) is 0. The zero-order valence-electron chi connectivity index (χ0n) is 6.81. The van der Waals surface area contributed by atoms with Gasteiger partial charge in [0.05, 0.1) is 6.57 Å². The van der Waals surface area contributed by atoms with Crippen LogP contribution in [0.1, 0.15) is 11.1 Å². The molecule has 0 spiro atoms. The Morgan fingerprint density at radius 3 is 2.38 bits per heavy atom. The highest BCUT2D eigenvalue weighted by atomic mass is 19.4. The molecule has 0 aliphatic heterocycles. The van der Waals surface area contributed by atoms with Crippen molar-refractivity contribution in [3.05, 3.63) is 40.7 Å². The maximum Gasteiger partial charge on any atom is 0.415 e. The standard InChI is InChI=1S/C9H6F3N/c1-6-3-4-7(13-2)5-8(6)9(10,11)12/h3-5H,1H3. The highest BCUT2D eigenvalue weighted by Gasteiger charge is 2.32. The topological polar surface area (TPSA) is 4.36 Å². The first-order valence-corrected chi connectivity index (χ1v) is 3.50. The lowest BCUT2D eigenvalue weighted by molar-refractivity contribution is -0.138. The van der Waals surface area contributed by atoms with Crippen LogP contribution in [0.5, 0.6) is 0 Å². The van der Waals surface area contributed by atoms with E-state index in [1.807, 2.05) is 0 Å². The summed E-state index contributed by atoms with van der Waals surface area (Å²) < 4.78 is 36.8. The van der Waals surface area contributed by atoms with E-state index in [2.05, 4.69) is 4.85 Å². The average Bonchev–Trinajstić information content (AvgIpc) is 2.03. The van der Waals surface area contributed by atoms with E-state index < -0.39 is 11.7 Å². The quantitative estimate of drug-likeness (QED) is 0.544. The molecule has 0 fully saturated rings. The van der Waals surface area contributed by atoms with Gasteiger partial charge in [0.25, 0.3) is 0 Å². The van der Waals surface area contributed by atoms with Crippen molar-refractivity contribution in [2.24, 2.45) is 0 Å². The smallest absolute Gasteiger partial charge is 0.238 e. The van der Waals surface area contributed by atoms with Crippen molar-refractivity contribution in [1.29, 1.82) is 0 Å². The first kappa shape index (κ1) is 9.59. The molecular weight excluding hydrogens is 179 g/mol. The molecule has 1 aromatic rings.